The molecule has 2 heterocycles. The van der Waals surface area contributed by atoms with Crippen molar-refractivity contribution in [2.75, 3.05) is 0 Å². The van der Waals surface area contributed by atoms with Gasteiger partial charge in [0.2, 0.25) is 0 Å². The largest absolute Gasteiger partial charge is 0.454 e. The number of nitrogens with zero attached hydrogens (tertiary/aromatic N) is 1. The zero-order valence-electron chi connectivity index (χ0n) is 12.8. The van der Waals surface area contributed by atoms with Crippen LogP contribution in [0.5, 0.6) is 0 Å². The molecule has 0 saturated heterocycles. The Kier molecular flexibility index (Phi) is 3.78. The molecule has 0 radical (unpaired) electrons. The van der Waals surface area contributed by atoms with Gasteiger partial charge in [0.15, 0.2) is 10.8 Å². The number of thiocarbonyl (C=S) groups is 1. The standard InChI is InChI=1S/C17H18N2OS2/c1-17(2,3)14-9-22-16(19-14)13-8-11-6-10(7-15(18)21)4-5-12(11)20-13/h4-6,8-9H,7H2,1-3H3,(H2,18,21). The summed E-state index contributed by atoms with van der Waals surface area (Å²) in [5.41, 5.74) is 8.69. The predicted octanol–water partition coefficient (Wildman–Crippen LogP) is 4.68. The first-order valence-corrected chi connectivity index (χ1v) is 8.39. The molecular weight excluding hydrogens is 312 g/mol. The van der Waals surface area contributed by atoms with Crippen molar-refractivity contribution in [1.82, 2.24) is 4.98 Å². The first kappa shape index (κ1) is 15.2. The van der Waals surface area contributed by atoms with Gasteiger partial charge >= 0.3 is 0 Å². The zero-order valence-corrected chi connectivity index (χ0v) is 14.5. The van der Waals surface area contributed by atoms with Crippen LogP contribution in [0.4, 0.5) is 0 Å². The predicted molar refractivity (Wildman–Crippen MR) is 96.5 cm³/mol. The average Bonchev–Trinajstić information content (AvgIpc) is 3.02. The molecule has 0 saturated carbocycles. The lowest BCUT2D eigenvalue weighted by atomic mass is 9.93. The maximum Gasteiger partial charge on any atom is 0.164 e. The third-order valence-electron chi connectivity index (χ3n) is 3.44. The zero-order chi connectivity index (χ0) is 15.9. The summed E-state index contributed by atoms with van der Waals surface area (Å²) in [7, 11) is 0. The minimum absolute atomic E-state index is 0.0464. The van der Waals surface area contributed by atoms with E-state index in [9.17, 15) is 0 Å². The van der Waals surface area contributed by atoms with Crippen molar-refractivity contribution in [2.24, 2.45) is 5.73 Å². The maximum atomic E-state index is 5.92. The number of thiazole rings is 1. The van der Waals surface area contributed by atoms with Gasteiger partial charge in [0.25, 0.3) is 0 Å². The van der Waals surface area contributed by atoms with E-state index in [-0.39, 0.29) is 5.41 Å². The third-order valence-corrected chi connectivity index (χ3v) is 4.44. The number of rotatable bonds is 3. The lowest BCUT2D eigenvalue weighted by molar-refractivity contribution is 0.571. The van der Waals surface area contributed by atoms with E-state index in [0.29, 0.717) is 11.4 Å². The molecule has 2 N–H and O–H groups in total. The first-order valence-electron chi connectivity index (χ1n) is 7.10. The number of fused-ring (bicyclic) bond motifs is 1. The van der Waals surface area contributed by atoms with E-state index in [0.717, 1.165) is 33.0 Å². The molecule has 3 aromatic rings. The van der Waals surface area contributed by atoms with Crippen molar-refractivity contribution < 1.29 is 4.42 Å². The van der Waals surface area contributed by atoms with Gasteiger partial charge < -0.3 is 10.2 Å². The van der Waals surface area contributed by atoms with Gasteiger partial charge in [0.05, 0.1) is 10.7 Å². The molecule has 2 aromatic heterocycles. The molecule has 0 amide bonds. The Morgan fingerprint density at radius 2 is 2.09 bits per heavy atom. The van der Waals surface area contributed by atoms with Gasteiger partial charge in [0.1, 0.15) is 5.58 Å². The van der Waals surface area contributed by atoms with E-state index >= 15 is 0 Å². The van der Waals surface area contributed by atoms with Crippen molar-refractivity contribution in [3.63, 3.8) is 0 Å². The van der Waals surface area contributed by atoms with Crippen LogP contribution in [0.2, 0.25) is 0 Å². The minimum atomic E-state index is 0.0464. The van der Waals surface area contributed by atoms with Crippen LogP contribution in [-0.2, 0) is 11.8 Å². The summed E-state index contributed by atoms with van der Waals surface area (Å²) < 4.78 is 5.92. The van der Waals surface area contributed by atoms with Gasteiger partial charge in [-0.05, 0) is 23.8 Å². The lowest BCUT2D eigenvalue weighted by Gasteiger charge is -2.13. The number of hydrogen-bond donors (Lipinski definition) is 1. The molecule has 3 nitrogen and oxygen atoms in total. The summed E-state index contributed by atoms with van der Waals surface area (Å²) in [6.45, 7) is 6.48. The molecule has 0 unspecified atom stereocenters. The number of benzene rings is 1. The van der Waals surface area contributed by atoms with Crippen molar-refractivity contribution >= 4 is 39.5 Å². The van der Waals surface area contributed by atoms with Crippen molar-refractivity contribution in [1.29, 1.82) is 0 Å². The SMILES string of the molecule is CC(C)(C)c1csc(-c2cc3cc(CC(N)=S)ccc3o2)n1. The number of nitrogens with two attached hydrogens (primary N) is 1. The third kappa shape index (κ3) is 3.05. The molecular formula is C17H18N2OS2. The van der Waals surface area contributed by atoms with Gasteiger partial charge in [-0.1, -0.05) is 39.1 Å². The maximum absolute atomic E-state index is 5.92. The van der Waals surface area contributed by atoms with Crippen LogP contribution in [0.15, 0.2) is 34.1 Å². The van der Waals surface area contributed by atoms with Crippen LogP contribution < -0.4 is 5.73 Å². The molecule has 22 heavy (non-hydrogen) atoms. The molecule has 0 atom stereocenters. The highest BCUT2D eigenvalue weighted by Crippen LogP contribution is 2.33. The minimum Gasteiger partial charge on any atom is -0.454 e. The summed E-state index contributed by atoms with van der Waals surface area (Å²) in [5, 5.41) is 4.06. The van der Waals surface area contributed by atoms with Crippen LogP contribution in [0.3, 0.4) is 0 Å². The van der Waals surface area contributed by atoms with Crippen molar-refractivity contribution in [3.8, 4) is 10.8 Å². The fraction of sp³-hybridized carbons (Fsp3) is 0.294. The second-order valence-electron chi connectivity index (χ2n) is 6.41. The van der Waals surface area contributed by atoms with E-state index in [1.165, 1.54) is 0 Å². The van der Waals surface area contributed by atoms with Gasteiger partial charge in [-0.2, -0.15) is 0 Å². The number of furan rings is 1. The van der Waals surface area contributed by atoms with Crippen molar-refractivity contribution in [3.05, 3.63) is 40.9 Å². The Morgan fingerprint density at radius 1 is 1.32 bits per heavy atom. The van der Waals surface area contributed by atoms with E-state index < -0.39 is 0 Å². The molecule has 3 rings (SSSR count). The lowest BCUT2D eigenvalue weighted by Crippen LogP contribution is -2.11. The highest BCUT2D eigenvalue weighted by molar-refractivity contribution is 7.80. The summed E-state index contributed by atoms with van der Waals surface area (Å²) in [4.78, 5) is 5.20. The normalized spacial score (nSPS) is 12.0. The average molecular weight is 330 g/mol. The van der Waals surface area contributed by atoms with Gasteiger partial charge in [-0.25, -0.2) is 4.98 Å². The molecule has 0 bridgehead atoms. The van der Waals surface area contributed by atoms with E-state index in [1.54, 1.807) is 11.3 Å². The van der Waals surface area contributed by atoms with E-state index in [1.807, 2.05) is 18.2 Å². The van der Waals surface area contributed by atoms with Gasteiger partial charge in [-0.15, -0.1) is 11.3 Å². The number of aromatic nitrogens is 1. The molecule has 5 heteroatoms. The van der Waals surface area contributed by atoms with Crippen LogP contribution >= 0.6 is 23.6 Å². The summed E-state index contributed by atoms with van der Waals surface area (Å²) in [5.74, 6) is 0.808. The summed E-state index contributed by atoms with van der Waals surface area (Å²) in [6, 6.07) is 8.06. The van der Waals surface area contributed by atoms with E-state index in [2.05, 4.69) is 32.2 Å². The molecule has 0 aliphatic carbocycles. The Hall–Kier alpha value is -1.72. The van der Waals surface area contributed by atoms with Crippen molar-refractivity contribution in [2.45, 2.75) is 32.6 Å². The quantitative estimate of drug-likeness (QED) is 0.708. The van der Waals surface area contributed by atoms with Crippen LogP contribution in [0, 0.1) is 0 Å². The van der Waals surface area contributed by atoms with Crippen LogP contribution in [0.1, 0.15) is 32.0 Å². The highest BCUT2D eigenvalue weighted by atomic mass is 32.1. The highest BCUT2D eigenvalue weighted by Gasteiger charge is 2.19. The smallest absolute Gasteiger partial charge is 0.164 e. The molecule has 0 aliphatic heterocycles. The first-order chi connectivity index (χ1) is 10.3. The Balaban J connectivity index is 1.98. The summed E-state index contributed by atoms with van der Waals surface area (Å²) in [6.07, 6.45) is 0.608. The monoisotopic (exact) mass is 330 g/mol. The molecule has 0 fully saturated rings. The second kappa shape index (κ2) is 5.48. The van der Waals surface area contributed by atoms with Crippen LogP contribution in [-0.4, -0.2) is 9.97 Å². The van der Waals surface area contributed by atoms with E-state index in [4.69, 9.17) is 27.4 Å². The molecule has 1 aromatic carbocycles. The fourth-order valence-corrected chi connectivity index (χ4v) is 3.40. The second-order valence-corrected chi connectivity index (χ2v) is 7.80. The Bertz CT molecular complexity index is 840. The van der Waals surface area contributed by atoms with Gasteiger partial charge in [-0.3, -0.25) is 0 Å². The molecule has 0 aliphatic rings. The summed E-state index contributed by atoms with van der Waals surface area (Å²) >= 11 is 6.58. The Morgan fingerprint density at radius 3 is 2.73 bits per heavy atom. The fourth-order valence-electron chi connectivity index (χ4n) is 2.24. The molecule has 114 valence electrons. The molecule has 0 spiro atoms. The topological polar surface area (TPSA) is 52.0 Å². The van der Waals surface area contributed by atoms with Crippen LogP contribution in [0.25, 0.3) is 21.7 Å². The Labute approximate surface area is 139 Å². The number of hydrogen-bond acceptors (Lipinski definition) is 4. The van der Waals surface area contributed by atoms with Gasteiger partial charge in [0, 0.05) is 22.6 Å².